The number of rotatable bonds is 5. The minimum absolute atomic E-state index is 0. The lowest BCUT2D eigenvalue weighted by molar-refractivity contribution is -0.00000539. The first-order valence-corrected chi connectivity index (χ1v) is 11.4. The molecule has 0 aromatic heterocycles. The minimum atomic E-state index is -1.91. The summed E-state index contributed by atoms with van der Waals surface area (Å²) >= 11 is 0. The maximum absolute atomic E-state index is 5.85. The molecule has 2 heteroatoms. The quantitative estimate of drug-likeness (QED) is 0.319. The molecule has 4 rings (SSSR count). The summed E-state index contributed by atoms with van der Waals surface area (Å²) in [4.78, 5) is 0. The van der Waals surface area contributed by atoms with Gasteiger partial charge in [0, 0.05) is 11.1 Å². The van der Waals surface area contributed by atoms with Crippen LogP contribution in [0.1, 0.15) is 11.1 Å². The van der Waals surface area contributed by atoms with E-state index < -0.39 is 7.26 Å². The molecule has 0 spiro atoms. The van der Waals surface area contributed by atoms with Crippen molar-refractivity contribution in [3.05, 3.63) is 126 Å². The highest BCUT2D eigenvalue weighted by Crippen LogP contribution is 2.58. The third-order valence-corrected chi connectivity index (χ3v) is 9.53. The minimum Gasteiger partial charge on any atom is -1.00 e. The summed E-state index contributed by atoms with van der Waals surface area (Å²) < 4.78 is 0. The second-order valence-corrected chi connectivity index (χ2v) is 10.3. The number of halogens is 1. The molecular formula is C27H22BrP. The zero-order valence-electron chi connectivity index (χ0n) is 16.1. The van der Waals surface area contributed by atoms with E-state index in [1.165, 1.54) is 21.5 Å². The molecule has 0 radical (unpaired) electrons. The SMILES string of the molecule is C#Cc1ccccc1C[P+](c1ccccc1)(c1ccccc1)c1ccccc1.[Br-]. The van der Waals surface area contributed by atoms with Crippen molar-refractivity contribution in [3.63, 3.8) is 0 Å². The van der Waals surface area contributed by atoms with Gasteiger partial charge in [-0.15, -0.1) is 6.42 Å². The molecule has 0 fully saturated rings. The molecule has 142 valence electrons. The standard InChI is InChI=1S/C27H22P.BrH/c1-2-23-14-12-13-15-24(23)22-28(25-16-6-3-7-17-25,26-18-8-4-9-19-26)27-20-10-5-11-21-27;/h1,3-21H,22H2;1H/q+1;/p-1. The topological polar surface area (TPSA) is 0 Å². The van der Waals surface area contributed by atoms with Crippen LogP contribution < -0.4 is 32.9 Å². The smallest absolute Gasteiger partial charge is 0.116 e. The first-order chi connectivity index (χ1) is 13.8. The van der Waals surface area contributed by atoms with Gasteiger partial charge in [0.1, 0.15) is 23.2 Å². The number of terminal acetylenes is 1. The predicted octanol–water partition coefficient (Wildman–Crippen LogP) is 2.17. The highest BCUT2D eigenvalue weighted by molar-refractivity contribution is 7.95. The Morgan fingerprint density at radius 2 is 0.931 bits per heavy atom. The van der Waals surface area contributed by atoms with Crippen molar-refractivity contribution in [2.24, 2.45) is 0 Å². The molecule has 0 aliphatic rings. The van der Waals surface area contributed by atoms with Gasteiger partial charge in [0.05, 0.1) is 6.16 Å². The van der Waals surface area contributed by atoms with Crippen LogP contribution in [0.3, 0.4) is 0 Å². The lowest BCUT2D eigenvalue weighted by Crippen LogP contribution is -3.00. The Kier molecular flexibility index (Phi) is 7.05. The monoisotopic (exact) mass is 456 g/mol. The van der Waals surface area contributed by atoms with Gasteiger partial charge in [0.15, 0.2) is 0 Å². The van der Waals surface area contributed by atoms with Gasteiger partial charge < -0.3 is 17.0 Å². The molecule has 0 atom stereocenters. The third kappa shape index (κ3) is 4.20. The van der Waals surface area contributed by atoms with Crippen molar-refractivity contribution in [1.82, 2.24) is 0 Å². The highest BCUT2D eigenvalue weighted by atomic mass is 79.9. The number of benzene rings is 4. The van der Waals surface area contributed by atoms with Gasteiger partial charge in [-0.2, -0.15) is 0 Å². The third-order valence-electron chi connectivity index (χ3n) is 5.17. The molecule has 0 saturated heterocycles. The fourth-order valence-electron chi connectivity index (χ4n) is 3.82. The van der Waals surface area contributed by atoms with Gasteiger partial charge in [-0.3, -0.25) is 0 Å². The molecule has 0 nitrogen and oxygen atoms in total. The van der Waals surface area contributed by atoms with Crippen LogP contribution in [-0.2, 0) is 6.16 Å². The Hall–Kier alpha value is -2.65. The molecule has 0 bridgehead atoms. The van der Waals surface area contributed by atoms with Crippen LogP contribution in [0.2, 0.25) is 0 Å². The van der Waals surface area contributed by atoms with E-state index in [0.29, 0.717) is 0 Å². The molecule has 0 N–H and O–H groups in total. The average molecular weight is 457 g/mol. The van der Waals surface area contributed by atoms with Gasteiger partial charge in [-0.1, -0.05) is 78.7 Å². The molecule has 0 heterocycles. The lowest BCUT2D eigenvalue weighted by Gasteiger charge is -2.28. The Balaban J connectivity index is 0.00000240. The van der Waals surface area contributed by atoms with Crippen LogP contribution in [0, 0.1) is 12.3 Å². The van der Waals surface area contributed by atoms with E-state index in [1.54, 1.807) is 0 Å². The zero-order chi connectivity index (χ0) is 19.2. The zero-order valence-corrected chi connectivity index (χ0v) is 18.6. The Morgan fingerprint density at radius 1 is 0.552 bits per heavy atom. The van der Waals surface area contributed by atoms with Gasteiger partial charge in [-0.05, 0) is 42.5 Å². The highest BCUT2D eigenvalue weighted by Gasteiger charge is 2.45. The summed E-state index contributed by atoms with van der Waals surface area (Å²) in [6, 6.07) is 41.1. The average Bonchev–Trinajstić information content (AvgIpc) is 2.79. The van der Waals surface area contributed by atoms with Gasteiger partial charge in [0.25, 0.3) is 0 Å². The second kappa shape index (κ2) is 9.71. The number of hydrogen-bond donors (Lipinski definition) is 0. The van der Waals surface area contributed by atoms with Crippen LogP contribution in [-0.4, -0.2) is 0 Å². The maximum Gasteiger partial charge on any atom is 0.116 e. The van der Waals surface area contributed by atoms with Gasteiger partial charge >= 0.3 is 0 Å². The molecule has 4 aromatic carbocycles. The van der Waals surface area contributed by atoms with Crippen LogP contribution in [0.5, 0.6) is 0 Å². The Bertz CT molecular complexity index is 987. The normalized spacial score (nSPS) is 10.6. The first kappa shape index (κ1) is 21.1. The predicted molar refractivity (Wildman–Crippen MR) is 123 cm³/mol. The van der Waals surface area contributed by atoms with Crippen LogP contribution in [0.15, 0.2) is 115 Å². The second-order valence-electron chi connectivity index (χ2n) is 6.78. The summed E-state index contributed by atoms with van der Waals surface area (Å²) in [5.41, 5.74) is 2.21. The fraction of sp³-hybridized carbons (Fsp3) is 0.0370. The van der Waals surface area contributed by atoms with Crippen LogP contribution in [0.25, 0.3) is 0 Å². The van der Waals surface area contributed by atoms with Crippen molar-refractivity contribution >= 4 is 23.2 Å². The van der Waals surface area contributed by atoms with E-state index in [-0.39, 0.29) is 17.0 Å². The molecule has 0 saturated carbocycles. The molecule has 0 unspecified atom stereocenters. The Labute approximate surface area is 184 Å². The van der Waals surface area contributed by atoms with E-state index in [4.69, 9.17) is 6.42 Å². The Morgan fingerprint density at radius 3 is 1.34 bits per heavy atom. The van der Waals surface area contributed by atoms with Crippen molar-refractivity contribution in [1.29, 1.82) is 0 Å². The fourth-order valence-corrected chi connectivity index (χ4v) is 8.10. The summed E-state index contributed by atoms with van der Waals surface area (Å²) in [5, 5.41) is 4.12. The molecule has 29 heavy (non-hydrogen) atoms. The van der Waals surface area contributed by atoms with Crippen molar-refractivity contribution in [2.75, 3.05) is 0 Å². The van der Waals surface area contributed by atoms with Crippen LogP contribution >= 0.6 is 7.26 Å². The van der Waals surface area contributed by atoms with Gasteiger partial charge in [0.2, 0.25) is 0 Å². The molecule has 0 amide bonds. The number of hydrogen-bond acceptors (Lipinski definition) is 0. The summed E-state index contributed by atoms with van der Waals surface area (Å²) in [5.74, 6) is 2.89. The van der Waals surface area contributed by atoms with Gasteiger partial charge in [-0.25, -0.2) is 0 Å². The lowest BCUT2D eigenvalue weighted by atomic mass is 10.1. The molecular weight excluding hydrogens is 435 g/mol. The summed E-state index contributed by atoms with van der Waals surface area (Å²) in [6.45, 7) is 0. The van der Waals surface area contributed by atoms with Crippen molar-refractivity contribution in [3.8, 4) is 12.3 Å². The molecule has 4 aromatic rings. The van der Waals surface area contributed by atoms with E-state index in [1.807, 2.05) is 12.1 Å². The van der Waals surface area contributed by atoms with E-state index in [0.717, 1.165) is 11.7 Å². The van der Waals surface area contributed by atoms with E-state index >= 15 is 0 Å². The van der Waals surface area contributed by atoms with E-state index in [2.05, 4.69) is 109 Å². The first-order valence-electron chi connectivity index (χ1n) is 9.44. The van der Waals surface area contributed by atoms with Crippen LogP contribution in [0.4, 0.5) is 0 Å². The van der Waals surface area contributed by atoms with E-state index in [9.17, 15) is 0 Å². The summed E-state index contributed by atoms with van der Waals surface area (Å²) in [7, 11) is -1.91. The van der Waals surface area contributed by atoms with Crippen molar-refractivity contribution in [2.45, 2.75) is 6.16 Å². The summed E-state index contributed by atoms with van der Waals surface area (Å²) in [6.07, 6.45) is 6.76. The largest absolute Gasteiger partial charge is 1.00 e. The molecule has 0 aliphatic carbocycles. The molecule has 0 aliphatic heterocycles. The van der Waals surface area contributed by atoms with Crippen molar-refractivity contribution < 1.29 is 17.0 Å². The maximum atomic E-state index is 5.85.